The summed E-state index contributed by atoms with van der Waals surface area (Å²) < 4.78 is 5.86. The lowest BCUT2D eigenvalue weighted by Gasteiger charge is -2.21. The minimum absolute atomic E-state index is 0.151. The van der Waals surface area contributed by atoms with Crippen molar-refractivity contribution in [3.63, 3.8) is 0 Å². The van der Waals surface area contributed by atoms with Gasteiger partial charge in [-0.05, 0) is 72.4 Å². The number of anilines is 1. The van der Waals surface area contributed by atoms with Gasteiger partial charge in [-0.25, -0.2) is 0 Å². The number of hydrogen-bond donors (Lipinski definition) is 2. The van der Waals surface area contributed by atoms with E-state index >= 15 is 0 Å². The van der Waals surface area contributed by atoms with Gasteiger partial charge in [0.2, 0.25) is 0 Å². The average Bonchev–Trinajstić information content (AvgIpc) is 2.61. The molecule has 0 atom stereocenters. The molecule has 2 aromatic rings. The van der Waals surface area contributed by atoms with Crippen LogP contribution in [0.2, 0.25) is 0 Å². The molecule has 0 aliphatic rings. The number of carbonyl (C=O) groups excluding carboxylic acids is 1. The summed E-state index contributed by atoms with van der Waals surface area (Å²) >= 11 is 0. The topological polar surface area (TPSA) is 72.5 Å². The monoisotopic (exact) mass is 367 g/mol. The molecule has 0 aliphatic carbocycles. The summed E-state index contributed by atoms with van der Waals surface area (Å²) in [6.45, 7) is 10.6. The Bertz CT molecular complexity index is 834. The number of ether oxygens (including phenoxy) is 1. The van der Waals surface area contributed by atoms with Crippen LogP contribution in [0.1, 0.15) is 73.5 Å². The summed E-state index contributed by atoms with van der Waals surface area (Å²) in [5, 5.41) is 10.8. The zero-order valence-electron chi connectivity index (χ0n) is 16.7. The van der Waals surface area contributed by atoms with E-state index in [9.17, 15) is 9.90 Å². The predicted molar refractivity (Wildman–Crippen MR) is 112 cm³/mol. The standard InChI is InChI=1S/C23H29NO3/c1-6-27-23-18(11-12-21(25)16-7-9-17(24)10-8-16)22(26)19(14(2)3)13-20(23)15(4)5/h7-15,26H,6,24H2,1-5H3. The number of nitrogens with two attached hydrogens (primary N) is 1. The molecule has 2 rings (SSSR count). The highest BCUT2D eigenvalue weighted by atomic mass is 16.5. The molecular formula is C23H29NO3. The fraction of sp³-hybridized carbons (Fsp3) is 0.348. The Morgan fingerprint density at radius 2 is 1.70 bits per heavy atom. The lowest BCUT2D eigenvalue weighted by Crippen LogP contribution is -2.04. The minimum atomic E-state index is -0.155. The van der Waals surface area contributed by atoms with Gasteiger partial charge in [0.1, 0.15) is 11.5 Å². The second-order valence-corrected chi connectivity index (χ2v) is 7.21. The van der Waals surface area contributed by atoms with Gasteiger partial charge < -0.3 is 15.6 Å². The Labute approximate surface area is 161 Å². The van der Waals surface area contributed by atoms with Gasteiger partial charge in [0.25, 0.3) is 0 Å². The van der Waals surface area contributed by atoms with Crippen LogP contribution in [0.15, 0.2) is 36.4 Å². The van der Waals surface area contributed by atoms with E-state index in [4.69, 9.17) is 10.5 Å². The van der Waals surface area contributed by atoms with Gasteiger partial charge in [0.05, 0.1) is 12.2 Å². The highest BCUT2D eigenvalue weighted by molar-refractivity contribution is 6.07. The molecule has 0 heterocycles. The van der Waals surface area contributed by atoms with E-state index in [2.05, 4.69) is 13.8 Å². The first kappa shape index (κ1) is 20.6. The van der Waals surface area contributed by atoms with Gasteiger partial charge in [-0.2, -0.15) is 0 Å². The van der Waals surface area contributed by atoms with E-state index in [0.717, 1.165) is 11.1 Å². The van der Waals surface area contributed by atoms with Gasteiger partial charge in [0.15, 0.2) is 5.78 Å². The molecule has 2 aromatic carbocycles. The Morgan fingerprint density at radius 1 is 1.11 bits per heavy atom. The van der Waals surface area contributed by atoms with Crippen molar-refractivity contribution in [1.29, 1.82) is 0 Å². The lowest BCUT2D eigenvalue weighted by molar-refractivity contribution is 0.104. The summed E-state index contributed by atoms with van der Waals surface area (Å²) in [6.07, 6.45) is 3.12. The van der Waals surface area contributed by atoms with Gasteiger partial charge in [-0.1, -0.05) is 27.7 Å². The van der Waals surface area contributed by atoms with E-state index in [1.165, 1.54) is 6.08 Å². The molecule has 0 saturated carbocycles. The number of phenolic OH excluding ortho intramolecular Hbond substituents is 1. The molecule has 0 radical (unpaired) electrons. The fourth-order valence-electron chi connectivity index (χ4n) is 2.95. The van der Waals surface area contributed by atoms with Crippen LogP contribution in [-0.2, 0) is 0 Å². The lowest BCUT2D eigenvalue weighted by atomic mass is 9.90. The van der Waals surface area contributed by atoms with Gasteiger partial charge in [-0.3, -0.25) is 4.79 Å². The van der Waals surface area contributed by atoms with E-state index < -0.39 is 0 Å². The summed E-state index contributed by atoms with van der Waals surface area (Å²) in [6, 6.07) is 8.78. The molecule has 0 aromatic heterocycles. The second kappa shape index (κ2) is 8.76. The molecule has 4 heteroatoms. The zero-order valence-corrected chi connectivity index (χ0v) is 16.7. The van der Waals surface area contributed by atoms with Crippen LogP contribution in [0.3, 0.4) is 0 Å². The third-order valence-corrected chi connectivity index (χ3v) is 4.48. The number of aromatic hydroxyl groups is 1. The second-order valence-electron chi connectivity index (χ2n) is 7.21. The van der Waals surface area contributed by atoms with E-state index in [-0.39, 0.29) is 23.4 Å². The maximum Gasteiger partial charge on any atom is 0.185 e. The third-order valence-electron chi connectivity index (χ3n) is 4.48. The van der Waals surface area contributed by atoms with Gasteiger partial charge in [0, 0.05) is 11.3 Å². The van der Waals surface area contributed by atoms with Crippen LogP contribution in [-0.4, -0.2) is 17.5 Å². The summed E-state index contributed by atoms with van der Waals surface area (Å²) in [4.78, 5) is 12.5. The van der Waals surface area contributed by atoms with Gasteiger partial charge in [-0.15, -0.1) is 0 Å². The van der Waals surface area contributed by atoms with Crippen molar-refractivity contribution in [1.82, 2.24) is 0 Å². The first-order chi connectivity index (χ1) is 12.8. The first-order valence-electron chi connectivity index (χ1n) is 9.36. The molecule has 4 nitrogen and oxygen atoms in total. The first-order valence-corrected chi connectivity index (χ1v) is 9.36. The molecular weight excluding hydrogens is 338 g/mol. The molecule has 0 aliphatic heterocycles. The maximum atomic E-state index is 12.5. The van der Waals surface area contributed by atoms with Crippen molar-refractivity contribution in [3.05, 3.63) is 58.7 Å². The number of hydrogen-bond acceptors (Lipinski definition) is 4. The number of carbonyl (C=O) groups is 1. The Balaban J connectivity index is 2.55. The Morgan fingerprint density at radius 3 is 2.22 bits per heavy atom. The van der Waals surface area contributed by atoms with Crippen LogP contribution in [0.25, 0.3) is 6.08 Å². The van der Waals surface area contributed by atoms with Crippen molar-refractivity contribution in [3.8, 4) is 11.5 Å². The smallest absolute Gasteiger partial charge is 0.185 e. The molecule has 0 bridgehead atoms. The Kier molecular flexibility index (Phi) is 6.67. The molecule has 0 spiro atoms. The molecule has 144 valence electrons. The zero-order chi connectivity index (χ0) is 20.1. The molecule has 0 unspecified atom stereocenters. The fourth-order valence-corrected chi connectivity index (χ4v) is 2.95. The van der Waals surface area contributed by atoms with Crippen molar-refractivity contribution in [2.75, 3.05) is 12.3 Å². The minimum Gasteiger partial charge on any atom is -0.507 e. The van der Waals surface area contributed by atoms with Crippen molar-refractivity contribution in [2.45, 2.75) is 46.5 Å². The van der Waals surface area contributed by atoms with Crippen LogP contribution < -0.4 is 10.5 Å². The SMILES string of the molecule is CCOc1c(C(C)C)cc(C(C)C)c(O)c1C=CC(=O)c1ccc(N)cc1. The van der Waals surface area contributed by atoms with Crippen molar-refractivity contribution in [2.24, 2.45) is 0 Å². The maximum absolute atomic E-state index is 12.5. The quantitative estimate of drug-likeness (QED) is 0.384. The van der Waals surface area contributed by atoms with Crippen LogP contribution in [0, 0.1) is 0 Å². The van der Waals surface area contributed by atoms with E-state index in [1.807, 2.05) is 26.8 Å². The predicted octanol–water partition coefficient (Wildman–Crippen LogP) is 5.52. The molecule has 0 saturated heterocycles. The summed E-state index contributed by atoms with van der Waals surface area (Å²) in [5.74, 6) is 1.02. The van der Waals surface area contributed by atoms with Crippen LogP contribution in [0.4, 0.5) is 5.69 Å². The summed E-state index contributed by atoms with van der Waals surface area (Å²) in [5.41, 5.74) is 9.25. The van der Waals surface area contributed by atoms with E-state index in [0.29, 0.717) is 29.2 Å². The normalized spacial score (nSPS) is 11.5. The number of phenols is 1. The van der Waals surface area contributed by atoms with Crippen molar-refractivity contribution < 1.29 is 14.6 Å². The molecule has 0 amide bonds. The number of benzene rings is 2. The van der Waals surface area contributed by atoms with Gasteiger partial charge >= 0.3 is 0 Å². The third kappa shape index (κ3) is 4.70. The number of rotatable bonds is 7. The number of nitrogen functional groups attached to an aromatic ring is 1. The largest absolute Gasteiger partial charge is 0.507 e. The number of ketones is 1. The van der Waals surface area contributed by atoms with Crippen LogP contribution >= 0.6 is 0 Å². The highest BCUT2D eigenvalue weighted by Crippen LogP contribution is 2.42. The highest BCUT2D eigenvalue weighted by Gasteiger charge is 2.20. The average molecular weight is 367 g/mol. The Hall–Kier alpha value is -2.75. The van der Waals surface area contributed by atoms with E-state index in [1.54, 1.807) is 30.3 Å². The summed E-state index contributed by atoms with van der Waals surface area (Å²) in [7, 11) is 0. The van der Waals surface area contributed by atoms with Crippen LogP contribution in [0.5, 0.6) is 11.5 Å². The van der Waals surface area contributed by atoms with Crippen molar-refractivity contribution >= 4 is 17.5 Å². The molecule has 0 fully saturated rings. The molecule has 27 heavy (non-hydrogen) atoms. The number of allylic oxidation sites excluding steroid dienone is 1. The molecule has 3 N–H and O–H groups in total.